The van der Waals surface area contributed by atoms with Gasteiger partial charge in [0, 0.05) is 61.8 Å². The lowest BCUT2D eigenvalue weighted by atomic mass is 9.95. The van der Waals surface area contributed by atoms with Gasteiger partial charge in [0.2, 0.25) is 5.91 Å². The molecule has 1 atom stereocenters. The van der Waals surface area contributed by atoms with E-state index in [4.69, 9.17) is 0 Å². The Kier molecular flexibility index (Phi) is 6.02. The summed E-state index contributed by atoms with van der Waals surface area (Å²) >= 11 is 0. The van der Waals surface area contributed by atoms with E-state index >= 15 is 0 Å². The Bertz CT molecular complexity index is 819. The number of hydrogen-bond acceptors (Lipinski definition) is 3. The van der Waals surface area contributed by atoms with Crippen LogP contribution < -0.4 is 5.32 Å². The van der Waals surface area contributed by atoms with E-state index in [0.29, 0.717) is 19.0 Å². The standard InChI is InChI=1S/C23H34N4O/c1-17(27-13-11-26(2)12-14-27)7-10-23(28)24-16-18-8-9-22-20(15-18)19-5-3-4-6-21(19)25-22/h8-9,15,17,25H,3-7,10-14,16H2,1-2H3,(H,24,28)/t17-/m1/s1. The van der Waals surface area contributed by atoms with E-state index < -0.39 is 0 Å². The molecule has 0 saturated carbocycles. The van der Waals surface area contributed by atoms with Gasteiger partial charge in [-0.25, -0.2) is 0 Å². The fourth-order valence-electron chi connectivity index (χ4n) is 4.64. The van der Waals surface area contributed by atoms with Crippen molar-refractivity contribution in [3.8, 4) is 0 Å². The number of aromatic amines is 1. The normalized spacial score (nSPS) is 19.5. The van der Waals surface area contributed by atoms with Crippen LogP contribution in [0.1, 0.15) is 49.4 Å². The summed E-state index contributed by atoms with van der Waals surface area (Å²) in [6.07, 6.45) is 6.45. The van der Waals surface area contributed by atoms with Crippen LogP contribution in [0.15, 0.2) is 18.2 Å². The second-order valence-electron chi connectivity index (χ2n) is 8.67. The number of carbonyl (C=O) groups is 1. The van der Waals surface area contributed by atoms with E-state index in [-0.39, 0.29) is 5.91 Å². The van der Waals surface area contributed by atoms with Crippen molar-refractivity contribution < 1.29 is 4.79 Å². The van der Waals surface area contributed by atoms with Crippen LogP contribution in [-0.2, 0) is 24.2 Å². The van der Waals surface area contributed by atoms with Crippen molar-refractivity contribution >= 4 is 16.8 Å². The number of aromatic nitrogens is 1. The van der Waals surface area contributed by atoms with Gasteiger partial charge in [-0.05, 0) is 69.3 Å². The summed E-state index contributed by atoms with van der Waals surface area (Å²) in [6, 6.07) is 7.05. The van der Waals surface area contributed by atoms with Gasteiger partial charge >= 0.3 is 0 Å². The van der Waals surface area contributed by atoms with Crippen LogP contribution in [0.25, 0.3) is 10.9 Å². The molecule has 0 radical (unpaired) electrons. The summed E-state index contributed by atoms with van der Waals surface area (Å²) in [5.41, 5.74) is 5.35. The van der Waals surface area contributed by atoms with E-state index in [1.165, 1.54) is 53.4 Å². The van der Waals surface area contributed by atoms with Crippen LogP contribution in [-0.4, -0.2) is 60.0 Å². The first-order valence-corrected chi connectivity index (χ1v) is 10.9. The first kappa shape index (κ1) is 19.5. The van der Waals surface area contributed by atoms with Gasteiger partial charge < -0.3 is 15.2 Å². The zero-order chi connectivity index (χ0) is 19.5. The number of hydrogen-bond donors (Lipinski definition) is 2. The van der Waals surface area contributed by atoms with Crippen molar-refractivity contribution in [3.05, 3.63) is 35.0 Å². The molecule has 0 spiro atoms. The van der Waals surface area contributed by atoms with Gasteiger partial charge in [-0.1, -0.05) is 6.07 Å². The minimum absolute atomic E-state index is 0.164. The highest BCUT2D eigenvalue weighted by molar-refractivity contribution is 5.85. The summed E-state index contributed by atoms with van der Waals surface area (Å²) in [4.78, 5) is 20.8. The molecule has 1 amide bonds. The molecule has 0 bridgehead atoms. The molecule has 5 nitrogen and oxygen atoms in total. The van der Waals surface area contributed by atoms with Crippen molar-refractivity contribution in [1.29, 1.82) is 0 Å². The first-order chi connectivity index (χ1) is 13.6. The molecule has 152 valence electrons. The Hall–Kier alpha value is -1.85. The Morgan fingerprint density at radius 2 is 1.96 bits per heavy atom. The average molecular weight is 383 g/mol. The highest BCUT2D eigenvalue weighted by atomic mass is 16.1. The van der Waals surface area contributed by atoms with Crippen LogP contribution in [0, 0.1) is 0 Å². The molecule has 2 heterocycles. The van der Waals surface area contributed by atoms with Crippen LogP contribution in [0.4, 0.5) is 0 Å². The van der Waals surface area contributed by atoms with Gasteiger partial charge in [0.1, 0.15) is 0 Å². The van der Waals surface area contributed by atoms with Gasteiger partial charge in [-0.2, -0.15) is 0 Å². The van der Waals surface area contributed by atoms with E-state index in [0.717, 1.165) is 32.6 Å². The van der Waals surface area contributed by atoms with Gasteiger partial charge in [-0.15, -0.1) is 0 Å². The van der Waals surface area contributed by atoms with Gasteiger partial charge in [0.25, 0.3) is 0 Å². The minimum Gasteiger partial charge on any atom is -0.358 e. The van der Waals surface area contributed by atoms with Crippen molar-refractivity contribution in [1.82, 2.24) is 20.1 Å². The monoisotopic (exact) mass is 382 g/mol. The molecular weight excluding hydrogens is 348 g/mol. The number of likely N-dealkylation sites (N-methyl/N-ethyl adjacent to an activating group) is 1. The maximum Gasteiger partial charge on any atom is 0.220 e. The number of H-pyrrole nitrogens is 1. The second-order valence-corrected chi connectivity index (χ2v) is 8.67. The number of aryl methyl sites for hydroxylation is 2. The third-order valence-electron chi connectivity index (χ3n) is 6.60. The highest BCUT2D eigenvalue weighted by Gasteiger charge is 2.20. The molecule has 1 aromatic carbocycles. The SMILES string of the molecule is C[C@H](CCC(=O)NCc1ccc2[nH]c3c(c2c1)CCCC3)N1CCN(C)CC1. The Balaban J connectivity index is 1.27. The molecule has 2 N–H and O–H groups in total. The summed E-state index contributed by atoms with van der Waals surface area (Å²) in [5.74, 6) is 0.164. The minimum atomic E-state index is 0.164. The Morgan fingerprint density at radius 3 is 2.79 bits per heavy atom. The molecule has 1 aliphatic carbocycles. The molecule has 1 aromatic heterocycles. The number of carbonyl (C=O) groups excluding carboxylic acids is 1. The topological polar surface area (TPSA) is 51.4 Å². The smallest absolute Gasteiger partial charge is 0.220 e. The molecule has 5 heteroatoms. The maximum absolute atomic E-state index is 12.4. The lowest BCUT2D eigenvalue weighted by molar-refractivity contribution is -0.121. The fraction of sp³-hybridized carbons (Fsp3) is 0.609. The molecule has 2 aromatic rings. The van der Waals surface area contributed by atoms with E-state index in [9.17, 15) is 4.79 Å². The molecule has 1 fully saturated rings. The third kappa shape index (κ3) is 4.41. The molecule has 0 unspecified atom stereocenters. The van der Waals surface area contributed by atoms with Crippen LogP contribution >= 0.6 is 0 Å². The summed E-state index contributed by atoms with van der Waals surface area (Å²) in [7, 11) is 2.18. The Labute approximate surface area is 168 Å². The first-order valence-electron chi connectivity index (χ1n) is 10.9. The molecule has 2 aliphatic rings. The maximum atomic E-state index is 12.4. The molecule has 4 rings (SSSR count). The largest absolute Gasteiger partial charge is 0.358 e. The van der Waals surface area contributed by atoms with E-state index in [1.54, 1.807) is 0 Å². The van der Waals surface area contributed by atoms with Crippen molar-refractivity contribution in [2.75, 3.05) is 33.2 Å². The number of nitrogens with zero attached hydrogens (tertiary/aromatic N) is 2. The quantitative estimate of drug-likeness (QED) is 0.807. The van der Waals surface area contributed by atoms with Gasteiger partial charge in [0.05, 0.1) is 0 Å². The average Bonchev–Trinajstić information content (AvgIpc) is 3.09. The highest BCUT2D eigenvalue weighted by Crippen LogP contribution is 2.29. The van der Waals surface area contributed by atoms with Crippen molar-refractivity contribution in [2.24, 2.45) is 0 Å². The zero-order valence-electron chi connectivity index (χ0n) is 17.4. The lowest BCUT2D eigenvalue weighted by Gasteiger charge is -2.36. The number of benzene rings is 1. The summed E-state index contributed by atoms with van der Waals surface area (Å²) in [6.45, 7) is 7.35. The fourth-order valence-corrected chi connectivity index (χ4v) is 4.64. The van der Waals surface area contributed by atoms with Gasteiger partial charge in [0.15, 0.2) is 0 Å². The predicted octanol–water partition coefficient (Wildman–Crippen LogP) is 3.08. The number of rotatable bonds is 6. The molecular formula is C23H34N4O. The second kappa shape index (κ2) is 8.66. The molecule has 1 aliphatic heterocycles. The molecule has 28 heavy (non-hydrogen) atoms. The van der Waals surface area contributed by atoms with Crippen LogP contribution in [0.3, 0.4) is 0 Å². The van der Waals surface area contributed by atoms with E-state index in [2.05, 4.69) is 52.3 Å². The van der Waals surface area contributed by atoms with Crippen LogP contribution in [0.2, 0.25) is 0 Å². The predicted molar refractivity (Wildman–Crippen MR) is 115 cm³/mol. The third-order valence-corrected chi connectivity index (χ3v) is 6.60. The number of fused-ring (bicyclic) bond motifs is 3. The molecule has 1 saturated heterocycles. The van der Waals surface area contributed by atoms with Crippen molar-refractivity contribution in [2.45, 2.75) is 58.0 Å². The summed E-state index contributed by atoms with van der Waals surface area (Å²) < 4.78 is 0. The number of piperazine rings is 1. The Morgan fingerprint density at radius 1 is 1.18 bits per heavy atom. The van der Waals surface area contributed by atoms with Crippen LogP contribution in [0.5, 0.6) is 0 Å². The van der Waals surface area contributed by atoms with E-state index in [1.807, 2.05) is 0 Å². The van der Waals surface area contributed by atoms with Crippen molar-refractivity contribution in [3.63, 3.8) is 0 Å². The lowest BCUT2D eigenvalue weighted by Crippen LogP contribution is -2.48. The summed E-state index contributed by atoms with van der Waals surface area (Å²) in [5, 5.41) is 4.48. The zero-order valence-corrected chi connectivity index (χ0v) is 17.4. The number of amides is 1. The van der Waals surface area contributed by atoms with Gasteiger partial charge in [-0.3, -0.25) is 9.69 Å². The number of nitrogens with one attached hydrogen (secondary N) is 2.